The van der Waals surface area contributed by atoms with Crippen LogP contribution in [-0.4, -0.2) is 50.2 Å². The maximum atomic E-state index is 11.7. The minimum atomic E-state index is 0. The van der Waals surface area contributed by atoms with Gasteiger partial charge in [-0.1, -0.05) is 6.92 Å². The normalized spacial score (nSPS) is 27.7. The molecule has 0 aromatic carbocycles. The van der Waals surface area contributed by atoms with E-state index in [1.807, 2.05) is 4.90 Å². The lowest BCUT2D eigenvalue weighted by Crippen LogP contribution is -2.34. The van der Waals surface area contributed by atoms with Crippen molar-refractivity contribution in [2.24, 2.45) is 11.8 Å². The number of rotatable bonds is 4. The van der Waals surface area contributed by atoms with Crippen molar-refractivity contribution >= 4 is 18.3 Å². The van der Waals surface area contributed by atoms with Crippen molar-refractivity contribution in [2.75, 3.05) is 39.4 Å². The van der Waals surface area contributed by atoms with Gasteiger partial charge in [-0.15, -0.1) is 12.4 Å². The molecule has 1 N–H and O–H groups in total. The molecule has 2 atom stereocenters. The van der Waals surface area contributed by atoms with Crippen molar-refractivity contribution in [1.82, 2.24) is 10.2 Å². The zero-order valence-electron chi connectivity index (χ0n) is 9.78. The highest BCUT2D eigenvalue weighted by molar-refractivity contribution is 5.85. The second-order valence-electron chi connectivity index (χ2n) is 4.53. The number of amides is 1. The Hall–Kier alpha value is -0.320. The molecule has 2 rings (SSSR count). The molecule has 0 aliphatic carbocycles. The summed E-state index contributed by atoms with van der Waals surface area (Å²) in [5.74, 6) is 1.53. The van der Waals surface area contributed by atoms with Gasteiger partial charge in [0.15, 0.2) is 0 Å². The van der Waals surface area contributed by atoms with E-state index in [1.165, 1.54) is 0 Å². The van der Waals surface area contributed by atoms with Crippen LogP contribution in [0.4, 0.5) is 0 Å². The molecule has 4 nitrogen and oxygen atoms in total. The number of carbonyl (C=O) groups excluding carboxylic acids is 1. The number of likely N-dealkylation sites (tertiary alicyclic amines) is 1. The van der Waals surface area contributed by atoms with Crippen LogP contribution in [0, 0.1) is 11.8 Å². The summed E-state index contributed by atoms with van der Waals surface area (Å²) in [6.07, 6.45) is 0.975. The minimum absolute atomic E-state index is 0. The Labute approximate surface area is 103 Å². The smallest absolute Gasteiger partial charge is 0.248 e. The third kappa shape index (κ3) is 3.09. The van der Waals surface area contributed by atoms with Gasteiger partial charge in [-0.25, -0.2) is 0 Å². The van der Waals surface area contributed by atoms with Crippen LogP contribution in [-0.2, 0) is 9.53 Å². The lowest BCUT2D eigenvalue weighted by molar-refractivity contribution is -0.135. The lowest BCUT2D eigenvalue weighted by atomic mass is 10.0. The van der Waals surface area contributed by atoms with Gasteiger partial charge in [0, 0.05) is 32.8 Å². The molecule has 2 saturated heterocycles. The van der Waals surface area contributed by atoms with Gasteiger partial charge in [0.05, 0.1) is 0 Å². The minimum Gasteiger partial charge on any atom is -0.372 e. The number of carbonyl (C=O) groups is 1. The number of halogens is 1. The molecule has 0 unspecified atom stereocenters. The Kier molecular flexibility index (Phi) is 5.52. The Morgan fingerprint density at radius 2 is 2.00 bits per heavy atom. The fourth-order valence-electron chi connectivity index (χ4n) is 2.45. The van der Waals surface area contributed by atoms with Gasteiger partial charge in [0.2, 0.25) is 5.91 Å². The average molecular weight is 249 g/mol. The summed E-state index contributed by atoms with van der Waals surface area (Å²) in [7, 11) is 0. The Morgan fingerprint density at radius 1 is 1.38 bits per heavy atom. The third-order valence-electron chi connectivity index (χ3n) is 3.32. The molecular formula is C11H21ClN2O2. The summed E-state index contributed by atoms with van der Waals surface area (Å²) in [6.45, 7) is 7.00. The molecule has 0 spiro atoms. The standard InChI is InChI=1S/C11H20N2O2.ClH/c1-2-3-15-8-11(14)13-6-9-4-12-5-10(9)7-13;/h9-10,12H,2-8H2,1H3;1H/t9-,10+;. The molecule has 0 saturated carbocycles. The maximum Gasteiger partial charge on any atom is 0.248 e. The molecule has 2 fully saturated rings. The molecule has 0 aromatic rings. The molecule has 0 bridgehead atoms. The first kappa shape index (κ1) is 13.7. The van der Waals surface area contributed by atoms with Crippen LogP contribution in [0.2, 0.25) is 0 Å². The highest BCUT2D eigenvalue weighted by atomic mass is 35.5. The number of hydrogen-bond acceptors (Lipinski definition) is 3. The zero-order valence-corrected chi connectivity index (χ0v) is 10.6. The van der Waals surface area contributed by atoms with E-state index in [2.05, 4.69) is 12.2 Å². The molecule has 2 aliphatic rings. The van der Waals surface area contributed by atoms with Crippen molar-refractivity contribution < 1.29 is 9.53 Å². The summed E-state index contributed by atoms with van der Waals surface area (Å²) in [5, 5.41) is 3.37. The van der Waals surface area contributed by atoms with E-state index in [4.69, 9.17) is 4.74 Å². The van der Waals surface area contributed by atoms with E-state index in [1.54, 1.807) is 0 Å². The average Bonchev–Trinajstić information content (AvgIpc) is 2.76. The van der Waals surface area contributed by atoms with Crippen molar-refractivity contribution in [2.45, 2.75) is 13.3 Å². The van der Waals surface area contributed by atoms with E-state index in [-0.39, 0.29) is 24.9 Å². The lowest BCUT2D eigenvalue weighted by Gasteiger charge is -2.17. The highest BCUT2D eigenvalue weighted by Crippen LogP contribution is 2.26. The number of ether oxygens (including phenoxy) is 1. The van der Waals surface area contributed by atoms with Crippen molar-refractivity contribution in [3.8, 4) is 0 Å². The fraction of sp³-hybridized carbons (Fsp3) is 0.909. The van der Waals surface area contributed by atoms with Gasteiger partial charge >= 0.3 is 0 Å². The van der Waals surface area contributed by atoms with Gasteiger partial charge in [-0.3, -0.25) is 4.79 Å². The number of hydrogen-bond donors (Lipinski definition) is 1. The second-order valence-corrected chi connectivity index (χ2v) is 4.53. The first-order chi connectivity index (χ1) is 7.31. The molecule has 0 aromatic heterocycles. The van der Waals surface area contributed by atoms with E-state index in [0.717, 1.165) is 32.6 Å². The number of fused-ring (bicyclic) bond motifs is 1. The molecule has 1 amide bonds. The van der Waals surface area contributed by atoms with Crippen LogP contribution < -0.4 is 5.32 Å². The summed E-state index contributed by atoms with van der Waals surface area (Å²) >= 11 is 0. The van der Waals surface area contributed by atoms with E-state index in [9.17, 15) is 4.79 Å². The van der Waals surface area contributed by atoms with Crippen molar-refractivity contribution in [1.29, 1.82) is 0 Å². The van der Waals surface area contributed by atoms with Crippen LogP contribution >= 0.6 is 12.4 Å². The largest absolute Gasteiger partial charge is 0.372 e. The zero-order chi connectivity index (χ0) is 10.7. The van der Waals surface area contributed by atoms with E-state index >= 15 is 0 Å². The Morgan fingerprint density at radius 3 is 2.56 bits per heavy atom. The monoisotopic (exact) mass is 248 g/mol. The third-order valence-corrected chi connectivity index (χ3v) is 3.32. The fourth-order valence-corrected chi connectivity index (χ4v) is 2.45. The number of nitrogens with zero attached hydrogens (tertiary/aromatic N) is 1. The second kappa shape index (κ2) is 6.42. The van der Waals surface area contributed by atoms with Crippen LogP contribution in [0.3, 0.4) is 0 Å². The molecular weight excluding hydrogens is 228 g/mol. The van der Waals surface area contributed by atoms with Gasteiger partial charge in [-0.05, 0) is 18.3 Å². The van der Waals surface area contributed by atoms with Gasteiger partial charge in [-0.2, -0.15) is 0 Å². The van der Waals surface area contributed by atoms with E-state index < -0.39 is 0 Å². The molecule has 2 heterocycles. The van der Waals surface area contributed by atoms with Gasteiger partial charge < -0.3 is 15.0 Å². The van der Waals surface area contributed by atoms with Crippen LogP contribution in [0.25, 0.3) is 0 Å². The van der Waals surface area contributed by atoms with Crippen molar-refractivity contribution in [3.63, 3.8) is 0 Å². The van der Waals surface area contributed by atoms with Gasteiger partial charge in [0.25, 0.3) is 0 Å². The molecule has 5 heteroatoms. The van der Waals surface area contributed by atoms with Crippen LogP contribution in [0.15, 0.2) is 0 Å². The highest BCUT2D eigenvalue weighted by Gasteiger charge is 2.37. The van der Waals surface area contributed by atoms with E-state index in [0.29, 0.717) is 18.4 Å². The first-order valence-electron chi connectivity index (χ1n) is 5.87. The summed E-state index contributed by atoms with van der Waals surface area (Å²) in [4.78, 5) is 13.7. The predicted molar refractivity (Wildman–Crippen MR) is 64.8 cm³/mol. The molecule has 16 heavy (non-hydrogen) atoms. The quantitative estimate of drug-likeness (QED) is 0.738. The van der Waals surface area contributed by atoms with Crippen LogP contribution in [0.5, 0.6) is 0 Å². The molecule has 0 radical (unpaired) electrons. The summed E-state index contributed by atoms with van der Waals surface area (Å²) < 4.78 is 5.27. The number of nitrogens with one attached hydrogen (secondary N) is 1. The predicted octanol–water partition coefficient (Wildman–Crippen LogP) is 0.513. The first-order valence-corrected chi connectivity index (χ1v) is 5.87. The Balaban J connectivity index is 0.00000128. The topological polar surface area (TPSA) is 41.6 Å². The molecule has 2 aliphatic heterocycles. The van der Waals surface area contributed by atoms with Crippen LogP contribution in [0.1, 0.15) is 13.3 Å². The molecule has 94 valence electrons. The van der Waals surface area contributed by atoms with Crippen molar-refractivity contribution in [3.05, 3.63) is 0 Å². The SMILES string of the molecule is CCCOCC(=O)N1C[C@H]2CNC[C@H]2C1.Cl. The summed E-state index contributed by atoms with van der Waals surface area (Å²) in [5.41, 5.74) is 0. The summed E-state index contributed by atoms with van der Waals surface area (Å²) in [6, 6.07) is 0. The maximum absolute atomic E-state index is 11.7. The Bertz CT molecular complexity index is 226. The van der Waals surface area contributed by atoms with Gasteiger partial charge in [0.1, 0.15) is 6.61 Å².